The van der Waals surface area contributed by atoms with Crippen LogP contribution in [-0.2, 0) is 6.42 Å². The van der Waals surface area contributed by atoms with Crippen LogP contribution >= 0.6 is 23.4 Å². The molecule has 0 radical (unpaired) electrons. The number of halogens is 3. The van der Waals surface area contributed by atoms with Crippen LogP contribution in [-0.4, -0.2) is 11.8 Å². The molecule has 2 aromatic carbocycles. The molecule has 2 rings (SSSR count). The molecule has 0 saturated carbocycles. The van der Waals surface area contributed by atoms with Crippen molar-refractivity contribution in [2.75, 3.05) is 5.75 Å². The molecular formula is C15H15ClF2N2S. The number of benzene rings is 2. The van der Waals surface area contributed by atoms with Crippen LogP contribution in [0, 0.1) is 11.6 Å². The molecule has 2 nitrogen and oxygen atoms in total. The van der Waals surface area contributed by atoms with E-state index in [0.717, 1.165) is 0 Å². The third kappa shape index (κ3) is 4.41. The second-order valence-electron chi connectivity index (χ2n) is 4.52. The van der Waals surface area contributed by atoms with E-state index < -0.39 is 5.82 Å². The predicted octanol–water partition coefficient (Wildman–Crippen LogP) is 3.78. The van der Waals surface area contributed by atoms with Gasteiger partial charge in [0, 0.05) is 16.7 Å². The first-order chi connectivity index (χ1) is 10.1. The SMILES string of the molecule is NNC(CSc1ccccc1F)Cc1cccc(Cl)c1F. The molecule has 2 aromatic rings. The van der Waals surface area contributed by atoms with Crippen molar-refractivity contribution in [3.05, 3.63) is 64.7 Å². The Balaban J connectivity index is 2.01. The van der Waals surface area contributed by atoms with Crippen molar-refractivity contribution < 1.29 is 8.78 Å². The fourth-order valence-corrected chi connectivity index (χ4v) is 3.06. The van der Waals surface area contributed by atoms with E-state index in [4.69, 9.17) is 17.4 Å². The van der Waals surface area contributed by atoms with Crippen LogP contribution in [0.1, 0.15) is 5.56 Å². The average Bonchev–Trinajstić information content (AvgIpc) is 2.49. The lowest BCUT2D eigenvalue weighted by Crippen LogP contribution is -2.38. The molecule has 0 heterocycles. The third-order valence-electron chi connectivity index (χ3n) is 3.01. The van der Waals surface area contributed by atoms with Crippen LogP contribution in [0.25, 0.3) is 0 Å². The Kier molecular flexibility index (Phi) is 5.99. The Labute approximate surface area is 131 Å². The quantitative estimate of drug-likeness (QED) is 0.481. The molecule has 6 heteroatoms. The fraction of sp³-hybridized carbons (Fsp3) is 0.200. The summed E-state index contributed by atoms with van der Waals surface area (Å²) in [5, 5.41) is 0.0880. The standard InChI is InChI=1S/C15H15ClF2N2S/c16-12-5-3-4-10(15(12)18)8-11(20-19)9-21-14-7-2-1-6-13(14)17/h1-7,11,20H,8-9,19H2. The second kappa shape index (κ2) is 7.75. The summed E-state index contributed by atoms with van der Waals surface area (Å²) in [5.41, 5.74) is 3.12. The summed E-state index contributed by atoms with van der Waals surface area (Å²) >= 11 is 7.09. The van der Waals surface area contributed by atoms with E-state index in [-0.39, 0.29) is 16.9 Å². The van der Waals surface area contributed by atoms with Gasteiger partial charge in [-0.15, -0.1) is 11.8 Å². The van der Waals surface area contributed by atoms with Crippen molar-refractivity contribution in [3.63, 3.8) is 0 Å². The smallest absolute Gasteiger partial charge is 0.145 e. The molecule has 21 heavy (non-hydrogen) atoms. The van der Waals surface area contributed by atoms with Gasteiger partial charge in [0.15, 0.2) is 0 Å². The maximum Gasteiger partial charge on any atom is 0.145 e. The molecule has 112 valence electrons. The molecule has 1 atom stereocenters. The maximum absolute atomic E-state index is 13.9. The minimum Gasteiger partial charge on any atom is -0.271 e. The highest BCUT2D eigenvalue weighted by atomic mass is 35.5. The van der Waals surface area contributed by atoms with Gasteiger partial charge in [0.25, 0.3) is 0 Å². The van der Waals surface area contributed by atoms with Crippen LogP contribution in [0.5, 0.6) is 0 Å². The summed E-state index contributed by atoms with van der Waals surface area (Å²) in [7, 11) is 0. The highest BCUT2D eigenvalue weighted by Crippen LogP contribution is 2.24. The van der Waals surface area contributed by atoms with Gasteiger partial charge < -0.3 is 0 Å². The molecule has 0 aromatic heterocycles. The summed E-state index contributed by atoms with van der Waals surface area (Å²) in [4.78, 5) is 0.546. The number of rotatable bonds is 6. The number of hydrazine groups is 1. The van der Waals surface area contributed by atoms with Crippen molar-refractivity contribution >= 4 is 23.4 Å². The Bertz CT molecular complexity index is 610. The van der Waals surface area contributed by atoms with Crippen LogP contribution in [0.3, 0.4) is 0 Å². The first-order valence-corrected chi connectivity index (χ1v) is 7.74. The summed E-state index contributed by atoms with van der Waals surface area (Å²) in [6, 6.07) is 11.2. The van der Waals surface area contributed by atoms with Crippen LogP contribution in [0.4, 0.5) is 8.78 Å². The molecule has 3 N–H and O–H groups in total. The first kappa shape index (κ1) is 16.2. The Morgan fingerprint density at radius 3 is 2.62 bits per heavy atom. The number of hydrogen-bond donors (Lipinski definition) is 2. The third-order valence-corrected chi connectivity index (χ3v) is 4.51. The van der Waals surface area contributed by atoms with E-state index in [1.807, 2.05) is 0 Å². The van der Waals surface area contributed by atoms with E-state index in [1.165, 1.54) is 23.9 Å². The van der Waals surface area contributed by atoms with Crippen molar-refractivity contribution in [1.82, 2.24) is 5.43 Å². The minimum atomic E-state index is -0.435. The van der Waals surface area contributed by atoms with E-state index in [0.29, 0.717) is 22.6 Å². The number of nitrogens with two attached hydrogens (primary N) is 1. The fourth-order valence-electron chi connectivity index (χ4n) is 1.89. The number of hydrogen-bond acceptors (Lipinski definition) is 3. The lowest BCUT2D eigenvalue weighted by atomic mass is 10.1. The minimum absolute atomic E-state index is 0.0880. The number of thioether (sulfide) groups is 1. The summed E-state index contributed by atoms with van der Waals surface area (Å²) in [5.74, 6) is 5.31. The van der Waals surface area contributed by atoms with Gasteiger partial charge in [-0.25, -0.2) is 8.78 Å². The molecule has 0 aliphatic heterocycles. The monoisotopic (exact) mass is 328 g/mol. The van der Waals surface area contributed by atoms with Gasteiger partial charge in [-0.1, -0.05) is 35.9 Å². The van der Waals surface area contributed by atoms with Gasteiger partial charge in [0.05, 0.1) is 5.02 Å². The largest absolute Gasteiger partial charge is 0.271 e. The normalized spacial score (nSPS) is 12.4. The summed E-state index contributed by atoms with van der Waals surface area (Å²) < 4.78 is 27.4. The van der Waals surface area contributed by atoms with Crippen molar-refractivity contribution in [1.29, 1.82) is 0 Å². The zero-order valence-corrected chi connectivity index (χ0v) is 12.7. The maximum atomic E-state index is 13.9. The number of nitrogens with one attached hydrogen (secondary N) is 1. The van der Waals surface area contributed by atoms with Gasteiger partial charge in [0.2, 0.25) is 0 Å². The lowest BCUT2D eigenvalue weighted by molar-refractivity contribution is 0.546. The second-order valence-corrected chi connectivity index (χ2v) is 5.99. The molecular weight excluding hydrogens is 314 g/mol. The Hall–Kier alpha value is -1.14. The van der Waals surface area contributed by atoms with Gasteiger partial charge in [-0.05, 0) is 30.2 Å². The first-order valence-electron chi connectivity index (χ1n) is 6.38. The molecule has 1 unspecified atom stereocenters. The zero-order chi connectivity index (χ0) is 15.2. The highest BCUT2D eigenvalue weighted by Gasteiger charge is 2.14. The van der Waals surface area contributed by atoms with Crippen LogP contribution < -0.4 is 11.3 Å². The van der Waals surface area contributed by atoms with Crippen LogP contribution in [0.15, 0.2) is 47.4 Å². The van der Waals surface area contributed by atoms with Crippen molar-refractivity contribution in [2.24, 2.45) is 5.84 Å². The van der Waals surface area contributed by atoms with Gasteiger partial charge in [0.1, 0.15) is 11.6 Å². The van der Waals surface area contributed by atoms with Gasteiger partial charge in [-0.3, -0.25) is 11.3 Å². The average molecular weight is 329 g/mol. The summed E-state index contributed by atoms with van der Waals surface area (Å²) in [6.07, 6.45) is 0.379. The zero-order valence-electron chi connectivity index (χ0n) is 11.2. The van der Waals surface area contributed by atoms with E-state index in [1.54, 1.807) is 30.3 Å². The molecule has 0 saturated heterocycles. The van der Waals surface area contributed by atoms with Gasteiger partial charge in [-0.2, -0.15) is 0 Å². The molecule has 0 aliphatic rings. The predicted molar refractivity (Wildman–Crippen MR) is 83.3 cm³/mol. The van der Waals surface area contributed by atoms with Crippen molar-refractivity contribution in [2.45, 2.75) is 17.4 Å². The van der Waals surface area contributed by atoms with E-state index >= 15 is 0 Å². The Morgan fingerprint density at radius 2 is 1.90 bits per heavy atom. The molecule has 0 aliphatic carbocycles. The molecule has 0 amide bonds. The van der Waals surface area contributed by atoms with Gasteiger partial charge >= 0.3 is 0 Å². The van der Waals surface area contributed by atoms with E-state index in [9.17, 15) is 8.78 Å². The summed E-state index contributed by atoms with van der Waals surface area (Å²) in [6.45, 7) is 0. The molecule has 0 fully saturated rings. The molecule has 0 spiro atoms. The van der Waals surface area contributed by atoms with Crippen molar-refractivity contribution in [3.8, 4) is 0 Å². The molecule has 0 bridgehead atoms. The Morgan fingerprint density at radius 1 is 1.14 bits per heavy atom. The topological polar surface area (TPSA) is 38.0 Å². The lowest BCUT2D eigenvalue weighted by Gasteiger charge is -2.16. The van der Waals surface area contributed by atoms with E-state index in [2.05, 4.69) is 5.43 Å². The van der Waals surface area contributed by atoms with Crippen LogP contribution in [0.2, 0.25) is 5.02 Å². The highest BCUT2D eigenvalue weighted by molar-refractivity contribution is 7.99.